The van der Waals surface area contributed by atoms with E-state index in [1.54, 1.807) is 11.3 Å². The molecule has 0 saturated carbocycles. The Bertz CT molecular complexity index is 223. The van der Waals surface area contributed by atoms with E-state index >= 15 is 0 Å². The average molecular weight is 190 g/mol. The van der Waals surface area contributed by atoms with E-state index < -0.39 is 0 Å². The van der Waals surface area contributed by atoms with E-state index in [2.05, 4.69) is 0 Å². The highest BCUT2D eigenvalue weighted by Crippen LogP contribution is 2.26. The van der Waals surface area contributed by atoms with Gasteiger partial charge in [-0.1, -0.05) is 11.6 Å². The lowest BCUT2D eigenvalue weighted by Gasteiger charge is -1.99. The van der Waals surface area contributed by atoms with Gasteiger partial charge in [-0.3, -0.25) is 0 Å². The summed E-state index contributed by atoms with van der Waals surface area (Å²) in [4.78, 5) is 2.46. The lowest BCUT2D eigenvalue weighted by Crippen LogP contribution is -2.16. The summed E-state index contributed by atoms with van der Waals surface area (Å²) in [6, 6.07) is 2.23. The minimum Gasteiger partial charge on any atom is -0.328 e. The van der Waals surface area contributed by atoms with Crippen molar-refractivity contribution in [3.8, 4) is 0 Å². The highest BCUT2D eigenvalue weighted by Gasteiger charge is 2.04. The molecule has 0 aliphatic carbocycles. The smallest absolute Gasteiger partial charge is 0.0545 e. The number of hydrogen-bond acceptors (Lipinski definition) is 2. The molecule has 1 heterocycles. The van der Waals surface area contributed by atoms with Crippen LogP contribution >= 0.6 is 22.9 Å². The van der Waals surface area contributed by atoms with Gasteiger partial charge in [0.1, 0.15) is 0 Å². The van der Waals surface area contributed by atoms with E-state index in [1.807, 2.05) is 19.9 Å². The minimum absolute atomic E-state index is 0.226. The first-order chi connectivity index (χ1) is 5.09. The maximum Gasteiger partial charge on any atom is 0.0545 e. The first-order valence-electron chi connectivity index (χ1n) is 3.60. The number of hydrogen-bond donors (Lipinski definition) is 1. The van der Waals surface area contributed by atoms with Gasteiger partial charge in [0.05, 0.1) is 5.02 Å². The standard InChI is InChI=1S/C8H12ClNS/c1-5(10)3-7-4-8(9)6(2)11-7/h4-5H,3,10H2,1-2H3. The van der Waals surface area contributed by atoms with Crippen LogP contribution in [0.5, 0.6) is 0 Å². The molecule has 0 fully saturated rings. The van der Waals surface area contributed by atoms with Crippen LogP contribution < -0.4 is 5.73 Å². The summed E-state index contributed by atoms with van der Waals surface area (Å²) in [5.74, 6) is 0. The molecule has 3 heteroatoms. The first-order valence-corrected chi connectivity index (χ1v) is 4.79. The molecule has 0 aromatic carbocycles. The fourth-order valence-electron chi connectivity index (χ4n) is 0.936. The van der Waals surface area contributed by atoms with Crippen LogP contribution in [0.2, 0.25) is 5.02 Å². The zero-order valence-electron chi connectivity index (χ0n) is 6.73. The van der Waals surface area contributed by atoms with Gasteiger partial charge in [0.2, 0.25) is 0 Å². The predicted molar refractivity (Wildman–Crippen MR) is 51.4 cm³/mol. The van der Waals surface area contributed by atoms with Gasteiger partial charge in [0.15, 0.2) is 0 Å². The summed E-state index contributed by atoms with van der Waals surface area (Å²) in [7, 11) is 0. The highest BCUT2D eigenvalue weighted by molar-refractivity contribution is 7.12. The molecular weight excluding hydrogens is 178 g/mol. The van der Waals surface area contributed by atoms with E-state index in [0.29, 0.717) is 0 Å². The molecule has 0 aliphatic heterocycles. The zero-order chi connectivity index (χ0) is 8.43. The fraction of sp³-hybridized carbons (Fsp3) is 0.500. The van der Waals surface area contributed by atoms with Crippen molar-refractivity contribution in [3.05, 3.63) is 20.8 Å². The van der Waals surface area contributed by atoms with Crippen molar-refractivity contribution in [3.63, 3.8) is 0 Å². The van der Waals surface area contributed by atoms with Crippen molar-refractivity contribution in [2.24, 2.45) is 5.73 Å². The molecule has 62 valence electrons. The third-order valence-corrected chi connectivity index (χ3v) is 3.01. The number of thiophene rings is 1. The molecule has 1 rings (SSSR count). The predicted octanol–water partition coefficient (Wildman–Crippen LogP) is 2.60. The molecule has 11 heavy (non-hydrogen) atoms. The van der Waals surface area contributed by atoms with Crippen molar-refractivity contribution < 1.29 is 0 Å². The molecule has 0 amide bonds. The number of nitrogens with two attached hydrogens (primary N) is 1. The van der Waals surface area contributed by atoms with Crippen molar-refractivity contribution >= 4 is 22.9 Å². The molecule has 1 unspecified atom stereocenters. The van der Waals surface area contributed by atoms with E-state index in [0.717, 1.165) is 11.4 Å². The molecular formula is C8H12ClNS. The van der Waals surface area contributed by atoms with Crippen molar-refractivity contribution in [2.75, 3.05) is 0 Å². The molecule has 0 aliphatic rings. The second-order valence-electron chi connectivity index (χ2n) is 2.80. The molecule has 1 aromatic heterocycles. The normalized spacial score (nSPS) is 13.5. The van der Waals surface area contributed by atoms with Gasteiger partial charge < -0.3 is 5.73 Å². The van der Waals surface area contributed by atoms with E-state index in [1.165, 1.54) is 9.75 Å². The van der Waals surface area contributed by atoms with Crippen LogP contribution in [0, 0.1) is 6.92 Å². The molecule has 0 saturated heterocycles. The summed E-state index contributed by atoms with van der Waals surface area (Å²) < 4.78 is 0. The molecule has 1 aromatic rings. The largest absolute Gasteiger partial charge is 0.328 e. The lowest BCUT2D eigenvalue weighted by molar-refractivity contribution is 0.746. The maximum absolute atomic E-state index is 5.88. The number of rotatable bonds is 2. The Morgan fingerprint density at radius 2 is 2.36 bits per heavy atom. The van der Waals surface area contributed by atoms with Crippen LogP contribution in [0.15, 0.2) is 6.07 Å². The van der Waals surface area contributed by atoms with Crippen LogP contribution in [0.3, 0.4) is 0 Å². The Morgan fingerprint density at radius 3 is 2.73 bits per heavy atom. The van der Waals surface area contributed by atoms with Crippen LogP contribution in [-0.4, -0.2) is 6.04 Å². The Labute approximate surface area is 76.2 Å². The van der Waals surface area contributed by atoms with Gasteiger partial charge in [0, 0.05) is 15.8 Å². The maximum atomic E-state index is 5.88. The van der Waals surface area contributed by atoms with Gasteiger partial charge in [-0.25, -0.2) is 0 Å². The molecule has 2 N–H and O–H groups in total. The van der Waals surface area contributed by atoms with E-state index in [4.69, 9.17) is 17.3 Å². The Hall–Kier alpha value is -0.0500. The molecule has 0 bridgehead atoms. The Kier molecular flexibility index (Phi) is 2.93. The number of halogens is 1. The van der Waals surface area contributed by atoms with Crippen LogP contribution in [0.1, 0.15) is 16.7 Å². The van der Waals surface area contributed by atoms with Crippen LogP contribution in [-0.2, 0) is 6.42 Å². The fourth-order valence-corrected chi connectivity index (χ4v) is 2.32. The average Bonchev–Trinajstić information content (AvgIpc) is 2.10. The van der Waals surface area contributed by atoms with Gasteiger partial charge in [0.25, 0.3) is 0 Å². The van der Waals surface area contributed by atoms with Crippen LogP contribution in [0.4, 0.5) is 0 Å². The van der Waals surface area contributed by atoms with Crippen LogP contribution in [0.25, 0.3) is 0 Å². The van der Waals surface area contributed by atoms with Gasteiger partial charge in [-0.05, 0) is 26.3 Å². The lowest BCUT2D eigenvalue weighted by atomic mass is 10.2. The number of aryl methyl sites for hydroxylation is 1. The first kappa shape index (κ1) is 9.04. The Balaban J connectivity index is 2.73. The summed E-state index contributed by atoms with van der Waals surface area (Å²) >= 11 is 7.61. The molecule has 1 nitrogen and oxygen atoms in total. The molecule has 0 spiro atoms. The van der Waals surface area contributed by atoms with Crippen molar-refractivity contribution in [1.29, 1.82) is 0 Å². The summed E-state index contributed by atoms with van der Waals surface area (Å²) in [6.45, 7) is 4.03. The summed E-state index contributed by atoms with van der Waals surface area (Å²) in [5, 5.41) is 0.866. The third kappa shape index (κ3) is 2.47. The second-order valence-corrected chi connectivity index (χ2v) is 4.55. The molecule has 0 radical (unpaired) electrons. The summed E-state index contributed by atoms with van der Waals surface area (Å²) in [5.41, 5.74) is 5.65. The topological polar surface area (TPSA) is 26.0 Å². The second kappa shape index (κ2) is 3.57. The minimum atomic E-state index is 0.226. The van der Waals surface area contributed by atoms with E-state index in [9.17, 15) is 0 Å². The van der Waals surface area contributed by atoms with Gasteiger partial charge in [-0.2, -0.15) is 0 Å². The van der Waals surface area contributed by atoms with Gasteiger partial charge >= 0.3 is 0 Å². The summed E-state index contributed by atoms with van der Waals surface area (Å²) in [6.07, 6.45) is 0.929. The molecule has 1 atom stereocenters. The SMILES string of the molecule is Cc1sc(CC(C)N)cc1Cl. The van der Waals surface area contributed by atoms with Crippen molar-refractivity contribution in [2.45, 2.75) is 26.3 Å². The Morgan fingerprint density at radius 1 is 1.73 bits per heavy atom. The monoisotopic (exact) mass is 189 g/mol. The van der Waals surface area contributed by atoms with Crippen molar-refractivity contribution in [1.82, 2.24) is 0 Å². The van der Waals surface area contributed by atoms with E-state index in [-0.39, 0.29) is 6.04 Å². The zero-order valence-corrected chi connectivity index (χ0v) is 8.30. The van der Waals surface area contributed by atoms with Gasteiger partial charge in [-0.15, -0.1) is 11.3 Å². The quantitative estimate of drug-likeness (QED) is 0.761. The highest BCUT2D eigenvalue weighted by atomic mass is 35.5. The third-order valence-electron chi connectivity index (χ3n) is 1.43.